The van der Waals surface area contributed by atoms with Gasteiger partial charge in [-0.3, -0.25) is 9.59 Å². The molecule has 0 aliphatic carbocycles. The number of hydrogen-bond acceptors (Lipinski definition) is 3. The van der Waals surface area contributed by atoms with Crippen LogP contribution >= 0.6 is 11.6 Å². The summed E-state index contributed by atoms with van der Waals surface area (Å²) in [5, 5.41) is 10.8. The highest BCUT2D eigenvalue weighted by molar-refractivity contribution is 6.55. The van der Waals surface area contributed by atoms with Gasteiger partial charge in [0, 0.05) is 0 Å². The van der Waals surface area contributed by atoms with Crippen LogP contribution in [0.5, 0.6) is 0 Å². The Morgan fingerprint density at radius 3 is 2.60 bits per heavy atom. The minimum Gasteiger partial charge on any atom is -0.478 e. The van der Waals surface area contributed by atoms with E-state index >= 15 is 0 Å². The number of ketones is 1. The number of carbonyl (C=O) groups is 3. The largest absolute Gasteiger partial charge is 0.478 e. The average molecular weight is 226 g/mol. The first kappa shape index (κ1) is 9.67. The standard InChI is InChI=1S/C9H4ClNO4/c10-6-3(9(14)15)1-2-4-5(6)7(12)8(13)11-4/h1-2H,(H,14,15)(H,11,12,13). The smallest absolute Gasteiger partial charge is 0.337 e. The van der Waals surface area contributed by atoms with Crippen LogP contribution in [0.1, 0.15) is 20.7 Å². The number of aromatic carboxylic acids is 1. The molecule has 0 unspecified atom stereocenters. The number of carboxylic acids is 1. The van der Waals surface area contributed by atoms with Crippen molar-refractivity contribution in [2.45, 2.75) is 0 Å². The van der Waals surface area contributed by atoms with Crippen molar-refractivity contribution in [3.8, 4) is 0 Å². The molecule has 0 spiro atoms. The van der Waals surface area contributed by atoms with Crippen LogP contribution < -0.4 is 5.32 Å². The Bertz CT molecular complexity index is 509. The molecule has 1 aliphatic heterocycles. The second kappa shape index (κ2) is 3.06. The van der Waals surface area contributed by atoms with Crippen molar-refractivity contribution >= 4 is 34.9 Å². The molecule has 0 radical (unpaired) electrons. The lowest BCUT2D eigenvalue weighted by molar-refractivity contribution is -0.112. The molecule has 1 heterocycles. The molecule has 0 fully saturated rings. The van der Waals surface area contributed by atoms with Crippen molar-refractivity contribution in [2.75, 3.05) is 5.32 Å². The van der Waals surface area contributed by atoms with Crippen LogP contribution in [0.2, 0.25) is 5.02 Å². The number of amides is 1. The van der Waals surface area contributed by atoms with Crippen LogP contribution in [0, 0.1) is 0 Å². The Balaban J connectivity index is 2.70. The second-order valence-electron chi connectivity index (χ2n) is 2.94. The maximum absolute atomic E-state index is 11.3. The molecule has 2 rings (SSSR count). The SMILES string of the molecule is O=C1Nc2ccc(C(=O)O)c(Cl)c2C1=O. The summed E-state index contributed by atoms with van der Waals surface area (Å²) in [6.07, 6.45) is 0. The topological polar surface area (TPSA) is 83.5 Å². The van der Waals surface area contributed by atoms with Gasteiger partial charge < -0.3 is 10.4 Å². The molecular formula is C9H4ClNO4. The van der Waals surface area contributed by atoms with Gasteiger partial charge in [0.05, 0.1) is 21.8 Å². The number of nitrogens with one attached hydrogen (secondary N) is 1. The molecule has 76 valence electrons. The van der Waals surface area contributed by atoms with Crippen LogP contribution in [0.3, 0.4) is 0 Å². The Labute approximate surface area is 88.7 Å². The van der Waals surface area contributed by atoms with Gasteiger partial charge in [-0.1, -0.05) is 11.6 Å². The van der Waals surface area contributed by atoms with E-state index in [0.29, 0.717) is 0 Å². The van der Waals surface area contributed by atoms with E-state index in [2.05, 4.69) is 5.32 Å². The third-order valence-corrected chi connectivity index (χ3v) is 2.45. The number of carbonyl (C=O) groups excluding carboxylic acids is 2. The molecule has 0 saturated heterocycles. The molecule has 5 nitrogen and oxygen atoms in total. The zero-order valence-corrected chi connectivity index (χ0v) is 7.96. The van der Waals surface area contributed by atoms with E-state index in [1.165, 1.54) is 12.1 Å². The van der Waals surface area contributed by atoms with Crippen LogP contribution in [0.4, 0.5) is 5.69 Å². The van der Waals surface area contributed by atoms with Crippen molar-refractivity contribution in [1.29, 1.82) is 0 Å². The minimum atomic E-state index is -1.24. The normalized spacial score (nSPS) is 13.7. The number of anilines is 1. The van der Waals surface area contributed by atoms with Crippen LogP contribution in [0.15, 0.2) is 12.1 Å². The summed E-state index contributed by atoms with van der Waals surface area (Å²) < 4.78 is 0. The highest BCUT2D eigenvalue weighted by Gasteiger charge is 2.32. The summed E-state index contributed by atoms with van der Waals surface area (Å²) in [6, 6.07) is 2.58. The van der Waals surface area contributed by atoms with Crippen molar-refractivity contribution in [2.24, 2.45) is 0 Å². The Morgan fingerprint density at radius 1 is 1.33 bits per heavy atom. The highest BCUT2D eigenvalue weighted by Crippen LogP contribution is 2.32. The molecule has 6 heteroatoms. The molecule has 1 aromatic carbocycles. The van der Waals surface area contributed by atoms with Gasteiger partial charge in [-0.25, -0.2) is 4.79 Å². The highest BCUT2D eigenvalue weighted by atomic mass is 35.5. The van der Waals surface area contributed by atoms with E-state index in [9.17, 15) is 14.4 Å². The number of Topliss-reactive ketones (excluding diaryl/α,β-unsaturated/α-hetero) is 1. The minimum absolute atomic E-state index is 0.0680. The van der Waals surface area contributed by atoms with E-state index in [1.807, 2.05) is 0 Å². The lowest BCUT2D eigenvalue weighted by Gasteiger charge is -2.02. The zero-order chi connectivity index (χ0) is 11.2. The van der Waals surface area contributed by atoms with Crippen molar-refractivity contribution in [3.63, 3.8) is 0 Å². The van der Waals surface area contributed by atoms with Crippen molar-refractivity contribution in [1.82, 2.24) is 0 Å². The maximum atomic E-state index is 11.3. The quantitative estimate of drug-likeness (QED) is 0.703. The van der Waals surface area contributed by atoms with Crippen molar-refractivity contribution < 1.29 is 19.5 Å². The number of carboxylic acid groups (broad SMARTS) is 1. The summed E-state index contributed by atoms with van der Waals surface area (Å²) in [4.78, 5) is 33.0. The Hall–Kier alpha value is -1.88. The first-order chi connectivity index (χ1) is 7.02. The van der Waals surface area contributed by atoms with Crippen LogP contribution in [0.25, 0.3) is 0 Å². The molecule has 1 amide bonds. The summed E-state index contributed by atoms with van der Waals surface area (Å²) in [7, 11) is 0. The molecular weight excluding hydrogens is 222 g/mol. The fourth-order valence-corrected chi connectivity index (χ4v) is 1.69. The Morgan fingerprint density at radius 2 is 2.00 bits per heavy atom. The molecule has 0 saturated carbocycles. The number of benzene rings is 1. The van der Waals surface area contributed by atoms with E-state index in [4.69, 9.17) is 16.7 Å². The van der Waals surface area contributed by atoms with Crippen molar-refractivity contribution in [3.05, 3.63) is 28.3 Å². The van der Waals surface area contributed by atoms with Gasteiger partial charge in [-0.2, -0.15) is 0 Å². The monoisotopic (exact) mass is 225 g/mol. The number of fused-ring (bicyclic) bond motifs is 1. The predicted octanol–water partition coefficient (Wildman–Crippen LogP) is 1.17. The van der Waals surface area contributed by atoms with Gasteiger partial charge in [0.25, 0.3) is 11.7 Å². The average Bonchev–Trinajstić information content (AvgIpc) is 2.43. The molecule has 2 N–H and O–H groups in total. The van der Waals surface area contributed by atoms with Crippen LogP contribution in [-0.4, -0.2) is 22.8 Å². The Kier molecular flexibility index (Phi) is 1.97. The van der Waals surface area contributed by atoms with E-state index in [0.717, 1.165) is 0 Å². The van der Waals surface area contributed by atoms with Gasteiger partial charge >= 0.3 is 5.97 Å². The molecule has 0 aromatic heterocycles. The molecule has 0 bridgehead atoms. The summed E-state index contributed by atoms with van der Waals surface area (Å²) in [5.74, 6) is -2.84. The first-order valence-corrected chi connectivity index (χ1v) is 4.31. The summed E-state index contributed by atoms with van der Waals surface area (Å²) in [5.41, 5.74) is -0.0122. The first-order valence-electron chi connectivity index (χ1n) is 3.94. The lowest BCUT2D eigenvalue weighted by Crippen LogP contribution is -2.12. The fourth-order valence-electron chi connectivity index (χ4n) is 1.36. The molecule has 1 aromatic rings. The van der Waals surface area contributed by atoms with Gasteiger partial charge in [-0.05, 0) is 12.1 Å². The van der Waals surface area contributed by atoms with Gasteiger partial charge in [0.15, 0.2) is 0 Å². The number of rotatable bonds is 1. The zero-order valence-electron chi connectivity index (χ0n) is 7.20. The summed E-state index contributed by atoms with van der Waals surface area (Å²) in [6.45, 7) is 0. The van der Waals surface area contributed by atoms with Gasteiger partial charge in [0.1, 0.15) is 0 Å². The summed E-state index contributed by atoms with van der Waals surface area (Å²) >= 11 is 5.72. The second-order valence-corrected chi connectivity index (χ2v) is 3.32. The molecule has 15 heavy (non-hydrogen) atoms. The van der Waals surface area contributed by atoms with Gasteiger partial charge in [0.2, 0.25) is 0 Å². The fraction of sp³-hybridized carbons (Fsp3) is 0. The number of halogens is 1. The van der Waals surface area contributed by atoms with E-state index in [-0.39, 0.29) is 21.8 Å². The molecule has 1 aliphatic rings. The third kappa shape index (κ3) is 1.28. The lowest BCUT2D eigenvalue weighted by atomic mass is 10.1. The van der Waals surface area contributed by atoms with Crippen LogP contribution in [-0.2, 0) is 4.79 Å². The van der Waals surface area contributed by atoms with Gasteiger partial charge in [-0.15, -0.1) is 0 Å². The van der Waals surface area contributed by atoms with E-state index < -0.39 is 17.7 Å². The maximum Gasteiger partial charge on any atom is 0.337 e. The molecule has 0 atom stereocenters. The van der Waals surface area contributed by atoms with E-state index in [1.54, 1.807) is 0 Å². The predicted molar refractivity (Wildman–Crippen MR) is 51.4 cm³/mol. The number of hydrogen-bond donors (Lipinski definition) is 2. The third-order valence-electron chi connectivity index (χ3n) is 2.05.